The first-order valence-electron chi connectivity index (χ1n) is 7.64. The van der Waals surface area contributed by atoms with E-state index in [-0.39, 0.29) is 28.3 Å². The Labute approximate surface area is 154 Å². The van der Waals surface area contributed by atoms with Gasteiger partial charge in [-0.15, -0.1) is 0 Å². The highest BCUT2D eigenvalue weighted by atomic mass is 32.2. The van der Waals surface area contributed by atoms with Crippen LogP contribution < -0.4 is 14.8 Å². The number of sulfonamides is 1. The molecule has 1 amide bonds. The lowest BCUT2D eigenvalue weighted by atomic mass is 10.1. The summed E-state index contributed by atoms with van der Waals surface area (Å²) in [6.07, 6.45) is -4.52. The molecular weight excluding hydrogens is 385 g/mol. The summed E-state index contributed by atoms with van der Waals surface area (Å²) in [4.78, 5) is 11.7. The van der Waals surface area contributed by atoms with E-state index in [9.17, 15) is 26.4 Å². The van der Waals surface area contributed by atoms with Gasteiger partial charge < -0.3 is 10.1 Å². The van der Waals surface area contributed by atoms with Gasteiger partial charge in [0.1, 0.15) is 5.75 Å². The monoisotopic (exact) mass is 402 g/mol. The quantitative estimate of drug-likeness (QED) is 0.778. The largest absolute Gasteiger partial charge is 0.496 e. The summed E-state index contributed by atoms with van der Waals surface area (Å²) >= 11 is 0. The Balaban J connectivity index is 2.26. The molecule has 2 rings (SSSR count). The summed E-state index contributed by atoms with van der Waals surface area (Å²) in [5.41, 5.74) is -0.707. The predicted molar refractivity (Wildman–Crippen MR) is 91.9 cm³/mol. The predicted octanol–water partition coefficient (Wildman–Crippen LogP) is 2.55. The summed E-state index contributed by atoms with van der Waals surface area (Å²) in [7, 11) is -1.34. The molecule has 27 heavy (non-hydrogen) atoms. The van der Waals surface area contributed by atoms with Crippen LogP contribution in [0.3, 0.4) is 0 Å². The molecule has 0 spiro atoms. The first kappa shape index (κ1) is 20.7. The van der Waals surface area contributed by atoms with E-state index in [1.807, 2.05) is 0 Å². The molecule has 0 heterocycles. The minimum absolute atomic E-state index is 0.0157. The Morgan fingerprint density at radius 3 is 2.44 bits per heavy atom. The van der Waals surface area contributed by atoms with Gasteiger partial charge in [0.15, 0.2) is 0 Å². The molecule has 0 radical (unpaired) electrons. The number of carbonyl (C=O) groups excluding carboxylic acids is 1. The number of ether oxygens (including phenoxy) is 1. The highest BCUT2D eigenvalue weighted by Crippen LogP contribution is 2.29. The average Bonchev–Trinajstić information content (AvgIpc) is 2.64. The van der Waals surface area contributed by atoms with Crippen LogP contribution in [0.2, 0.25) is 0 Å². The van der Waals surface area contributed by atoms with Crippen molar-refractivity contribution >= 4 is 15.9 Å². The van der Waals surface area contributed by atoms with Crippen LogP contribution >= 0.6 is 0 Å². The number of benzene rings is 2. The van der Waals surface area contributed by atoms with E-state index in [0.29, 0.717) is 0 Å². The standard InChI is InChI=1S/C17H17F3N2O4S/c1-21-16(23)14-9-13(6-7-15(14)26-2)27(24,25)22-10-11-4-3-5-12(8-11)17(18,19)20/h3-9,22H,10H2,1-2H3,(H,21,23). The maximum Gasteiger partial charge on any atom is 0.416 e. The fourth-order valence-electron chi connectivity index (χ4n) is 2.29. The topological polar surface area (TPSA) is 84.5 Å². The van der Waals surface area contributed by atoms with E-state index in [0.717, 1.165) is 18.2 Å². The van der Waals surface area contributed by atoms with Crippen molar-refractivity contribution in [3.63, 3.8) is 0 Å². The molecule has 0 fully saturated rings. The Morgan fingerprint density at radius 1 is 1.15 bits per heavy atom. The molecule has 0 aliphatic heterocycles. The molecule has 0 aliphatic carbocycles. The van der Waals surface area contributed by atoms with Gasteiger partial charge in [-0.3, -0.25) is 4.79 Å². The number of hydrogen-bond donors (Lipinski definition) is 2. The van der Waals surface area contributed by atoms with Gasteiger partial charge in [-0.05, 0) is 29.8 Å². The first-order valence-corrected chi connectivity index (χ1v) is 9.12. The van der Waals surface area contributed by atoms with Gasteiger partial charge in [0.25, 0.3) is 5.91 Å². The summed E-state index contributed by atoms with van der Waals surface area (Å²) in [6, 6.07) is 8.03. The number of rotatable bonds is 6. The molecule has 0 aromatic heterocycles. The molecule has 0 atom stereocenters. The van der Waals surface area contributed by atoms with Gasteiger partial charge in [0, 0.05) is 13.6 Å². The number of halogens is 3. The van der Waals surface area contributed by atoms with Crippen LogP contribution in [0.15, 0.2) is 47.4 Å². The van der Waals surface area contributed by atoms with E-state index < -0.39 is 27.7 Å². The third-order valence-corrected chi connectivity index (χ3v) is 5.07. The van der Waals surface area contributed by atoms with Gasteiger partial charge in [0.05, 0.1) is 23.1 Å². The number of nitrogens with one attached hydrogen (secondary N) is 2. The van der Waals surface area contributed by atoms with Gasteiger partial charge in [-0.1, -0.05) is 18.2 Å². The van der Waals surface area contributed by atoms with E-state index in [1.54, 1.807) is 0 Å². The second kappa shape index (κ2) is 7.97. The maximum atomic E-state index is 12.7. The van der Waals surface area contributed by atoms with Crippen molar-refractivity contribution in [2.45, 2.75) is 17.6 Å². The molecule has 0 saturated carbocycles. The van der Waals surface area contributed by atoms with Crippen LogP contribution in [0.25, 0.3) is 0 Å². The Kier molecular flexibility index (Phi) is 6.11. The van der Waals surface area contributed by atoms with Crippen molar-refractivity contribution in [2.75, 3.05) is 14.2 Å². The van der Waals surface area contributed by atoms with Gasteiger partial charge in [-0.25, -0.2) is 13.1 Å². The molecule has 2 aromatic carbocycles. The minimum Gasteiger partial charge on any atom is -0.496 e. The number of carbonyl (C=O) groups is 1. The molecule has 10 heteroatoms. The highest BCUT2D eigenvalue weighted by Gasteiger charge is 2.30. The first-order chi connectivity index (χ1) is 12.6. The van der Waals surface area contributed by atoms with Crippen LogP contribution in [-0.2, 0) is 22.7 Å². The zero-order chi connectivity index (χ0) is 20.2. The van der Waals surface area contributed by atoms with Gasteiger partial charge in [-0.2, -0.15) is 13.2 Å². The molecule has 0 aliphatic rings. The SMILES string of the molecule is CNC(=O)c1cc(S(=O)(=O)NCc2cccc(C(F)(F)F)c2)ccc1OC. The van der Waals surface area contributed by atoms with Crippen LogP contribution in [0.5, 0.6) is 5.75 Å². The second-order valence-corrected chi connectivity index (χ2v) is 7.23. The lowest BCUT2D eigenvalue weighted by Gasteiger charge is -2.12. The summed E-state index contributed by atoms with van der Waals surface area (Å²) in [5.74, 6) is -0.354. The minimum atomic E-state index is -4.52. The lowest BCUT2D eigenvalue weighted by Crippen LogP contribution is -2.25. The van der Waals surface area contributed by atoms with Crippen molar-refractivity contribution in [3.05, 3.63) is 59.2 Å². The molecule has 0 bridgehead atoms. The summed E-state index contributed by atoms with van der Waals surface area (Å²) < 4.78 is 70.4. The zero-order valence-corrected chi connectivity index (χ0v) is 15.2. The second-order valence-electron chi connectivity index (χ2n) is 5.46. The number of methoxy groups -OCH3 is 1. The van der Waals surface area contributed by atoms with Crippen molar-refractivity contribution in [1.29, 1.82) is 0 Å². The molecule has 146 valence electrons. The number of amides is 1. The van der Waals surface area contributed by atoms with Crippen LogP contribution in [0, 0.1) is 0 Å². The zero-order valence-electron chi connectivity index (χ0n) is 14.4. The van der Waals surface area contributed by atoms with E-state index in [1.165, 1.54) is 38.4 Å². The van der Waals surface area contributed by atoms with Crippen LogP contribution in [0.4, 0.5) is 13.2 Å². The molecule has 6 nitrogen and oxygen atoms in total. The van der Waals surface area contributed by atoms with Crippen molar-refractivity contribution in [2.24, 2.45) is 0 Å². The fourth-order valence-corrected chi connectivity index (χ4v) is 3.33. The molecule has 2 N–H and O–H groups in total. The third-order valence-electron chi connectivity index (χ3n) is 3.67. The van der Waals surface area contributed by atoms with Gasteiger partial charge >= 0.3 is 6.18 Å². The molecular formula is C17H17F3N2O4S. The lowest BCUT2D eigenvalue weighted by molar-refractivity contribution is -0.137. The van der Waals surface area contributed by atoms with E-state index in [2.05, 4.69) is 10.0 Å². The van der Waals surface area contributed by atoms with Crippen LogP contribution in [-0.4, -0.2) is 28.5 Å². The van der Waals surface area contributed by atoms with Gasteiger partial charge in [0.2, 0.25) is 10.0 Å². The van der Waals surface area contributed by atoms with Crippen LogP contribution in [0.1, 0.15) is 21.5 Å². The maximum absolute atomic E-state index is 12.7. The Bertz CT molecular complexity index is 943. The molecule has 2 aromatic rings. The summed E-state index contributed by atoms with van der Waals surface area (Å²) in [6.45, 7) is -0.340. The highest BCUT2D eigenvalue weighted by molar-refractivity contribution is 7.89. The Morgan fingerprint density at radius 2 is 1.85 bits per heavy atom. The Hall–Kier alpha value is -2.59. The normalized spacial score (nSPS) is 11.9. The fraction of sp³-hybridized carbons (Fsp3) is 0.235. The average molecular weight is 402 g/mol. The van der Waals surface area contributed by atoms with Crippen molar-refractivity contribution < 1.29 is 31.1 Å². The van der Waals surface area contributed by atoms with Crippen molar-refractivity contribution in [1.82, 2.24) is 10.0 Å². The smallest absolute Gasteiger partial charge is 0.416 e. The third kappa shape index (κ3) is 4.98. The summed E-state index contributed by atoms with van der Waals surface area (Å²) in [5, 5.41) is 2.37. The number of hydrogen-bond acceptors (Lipinski definition) is 4. The molecule has 0 unspecified atom stereocenters. The van der Waals surface area contributed by atoms with E-state index in [4.69, 9.17) is 4.74 Å². The van der Waals surface area contributed by atoms with Crippen molar-refractivity contribution in [3.8, 4) is 5.75 Å². The van der Waals surface area contributed by atoms with E-state index >= 15 is 0 Å². The number of alkyl halides is 3. The molecule has 0 saturated heterocycles.